The smallest absolute Gasteiger partial charge is 0.222 e. The van der Waals surface area contributed by atoms with Gasteiger partial charge in [0, 0.05) is 37.8 Å². The number of carbonyl (C=O) groups excluding carboxylic acids is 1. The van der Waals surface area contributed by atoms with E-state index < -0.39 is 0 Å². The quantitative estimate of drug-likeness (QED) is 0.847. The Morgan fingerprint density at radius 1 is 1.08 bits per heavy atom. The first kappa shape index (κ1) is 17.5. The van der Waals surface area contributed by atoms with Crippen LogP contribution in [-0.2, 0) is 16.1 Å². The van der Waals surface area contributed by atoms with Crippen molar-refractivity contribution in [1.29, 1.82) is 0 Å². The van der Waals surface area contributed by atoms with E-state index in [0.717, 1.165) is 37.4 Å². The predicted octanol–water partition coefficient (Wildman–Crippen LogP) is 2.23. The highest BCUT2D eigenvalue weighted by atomic mass is 16.5. The van der Waals surface area contributed by atoms with Crippen LogP contribution < -0.4 is 16.0 Å². The van der Waals surface area contributed by atoms with E-state index in [1.165, 1.54) is 5.69 Å². The SMILES string of the molecule is NC(CC(=O)NCc1ccccc1N1CCOCC1)c1ccccc1. The van der Waals surface area contributed by atoms with Crippen molar-refractivity contribution in [3.63, 3.8) is 0 Å². The van der Waals surface area contributed by atoms with Crippen molar-refractivity contribution >= 4 is 11.6 Å². The predicted molar refractivity (Wildman–Crippen MR) is 99.3 cm³/mol. The average Bonchev–Trinajstić information content (AvgIpc) is 2.68. The highest BCUT2D eigenvalue weighted by Gasteiger charge is 2.15. The Labute approximate surface area is 148 Å². The van der Waals surface area contributed by atoms with Gasteiger partial charge in [0.2, 0.25) is 5.91 Å². The minimum absolute atomic E-state index is 0.0341. The molecular formula is C20H25N3O2. The summed E-state index contributed by atoms with van der Waals surface area (Å²) < 4.78 is 5.42. The summed E-state index contributed by atoms with van der Waals surface area (Å²) in [4.78, 5) is 14.6. The Morgan fingerprint density at radius 3 is 2.52 bits per heavy atom. The summed E-state index contributed by atoms with van der Waals surface area (Å²) in [7, 11) is 0. The van der Waals surface area contributed by atoms with Crippen LogP contribution in [0.2, 0.25) is 0 Å². The van der Waals surface area contributed by atoms with Crippen LogP contribution in [0.1, 0.15) is 23.6 Å². The molecule has 1 saturated heterocycles. The number of amides is 1. The Morgan fingerprint density at radius 2 is 1.76 bits per heavy atom. The summed E-state index contributed by atoms with van der Waals surface area (Å²) in [6.45, 7) is 3.75. The van der Waals surface area contributed by atoms with E-state index in [4.69, 9.17) is 10.5 Å². The molecule has 2 aromatic carbocycles. The number of nitrogens with two attached hydrogens (primary N) is 1. The van der Waals surface area contributed by atoms with Crippen molar-refractivity contribution in [2.45, 2.75) is 19.0 Å². The highest BCUT2D eigenvalue weighted by molar-refractivity contribution is 5.77. The fourth-order valence-corrected chi connectivity index (χ4v) is 3.06. The lowest BCUT2D eigenvalue weighted by Crippen LogP contribution is -2.37. The van der Waals surface area contributed by atoms with E-state index >= 15 is 0 Å². The first-order valence-corrected chi connectivity index (χ1v) is 8.72. The minimum Gasteiger partial charge on any atom is -0.378 e. The third-order valence-corrected chi connectivity index (χ3v) is 4.45. The van der Waals surface area contributed by atoms with Crippen molar-refractivity contribution in [2.24, 2.45) is 5.73 Å². The van der Waals surface area contributed by atoms with Gasteiger partial charge in [-0.3, -0.25) is 4.79 Å². The molecule has 1 atom stereocenters. The molecule has 25 heavy (non-hydrogen) atoms. The number of nitrogens with zero attached hydrogens (tertiary/aromatic N) is 1. The molecule has 1 amide bonds. The normalized spacial score (nSPS) is 15.6. The summed E-state index contributed by atoms with van der Waals surface area (Å²) in [5.74, 6) is -0.0341. The summed E-state index contributed by atoms with van der Waals surface area (Å²) in [6.07, 6.45) is 0.281. The van der Waals surface area contributed by atoms with Gasteiger partial charge in [-0.1, -0.05) is 48.5 Å². The molecule has 5 nitrogen and oxygen atoms in total. The van der Waals surface area contributed by atoms with Crippen molar-refractivity contribution in [1.82, 2.24) is 5.32 Å². The maximum Gasteiger partial charge on any atom is 0.222 e. The molecule has 0 saturated carbocycles. The highest BCUT2D eigenvalue weighted by Crippen LogP contribution is 2.21. The Bertz CT molecular complexity index is 684. The molecule has 0 aromatic heterocycles. The van der Waals surface area contributed by atoms with Gasteiger partial charge in [-0.2, -0.15) is 0 Å². The van der Waals surface area contributed by atoms with Crippen molar-refractivity contribution in [2.75, 3.05) is 31.2 Å². The first-order valence-electron chi connectivity index (χ1n) is 8.72. The number of nitrogens with one attached hydrogen (secondary N) is 1. The fraction of sp³-hybridized carbons (Fsp3) is 0.350. The van der Waals surface area contributed by atoms with Gasteiger partial charge in [0.25, 0.3) is 0 Å². The standard InChI is InChI=1S/C20H25N3O2/c21-18(16-6-2-1-3-7-16)14-20(24)22-15-17-8-4-5-9-19(17)23-10-12-25-13-11-23/h1-9,18H,10-15,21H2,(H,22,24). The van der Waals surface area contributed by atoms with Gasteiger partial charge in [0.1, 0.15) is 0 Å². The number of morpholine rings is 1. The molecule has 3 N–H and O–H groups in total. The van der Waals surface area contributed by atoms with Gasteiger partial charge >= 0.3 is 0 Å². The number of rotatable bonds is 6. The maximum atomic E-state index is 12.3. The monoisotopic (exact) mass is 339 g/mol. The molecule has 1 unspecified atom stereocenters. The second kappa shape index (κ2) is 8.65. The van der Waals surface area contributed by atoms with E-state index in [1.807, 2.05) is 42.5 Å². The Hall–Kier alpha value is -2.37. The van der Waals surface area contributed by atoms with Crippen LogP contribution in [0.3, 0.4) is 0 Å². The lowest BCUT2D eigenvalue weighted by Gasteiger charge is -2.30. The summed E-state index contributed by atoms with van der Waals surface area (Å²) >= 11 is 0. The lowest BCUT2D eigenvalue weighted by molar-refractivity contribution is -0.121. The second-order valence-corrected chi connectivity index (χ2v) is 6.23. The molecule has 0 bridgehead atoms. The van der Waals surface area contributed by atoms with Crippen molar-refractivity contribution < 1.29 is 9.53 Å². The Kier molecular flexibility index (Phi) is 6.04. The van der Waals surface area contributed by atoms with Crippen LogP contribution in [0.4, 0.5) is 5.69 Å². The molecule has 0 radical (unpaired) electrons. The third-order valence-electron chi connectivity index (χ3n) is 4.45. The molecule has 1 heterocycles. The molecule has 5 heteroatoms. The largest absolute Gasteiger partial charge is 0.378 e. The molecule has 1 aliphatic rings. The third kappa shape index (κ3) is 4.81. The van der Waals surface area contributed by atoms with Gasteiger partial charge in [0.05, 0.1) is 13.2 Å². The number of benzene rings is 2. The van der Waals surface area contributed by atoms with E-state index in [1.54, 1.807) is 0 Å². The van der Waals surface area contributed by atoms with Crippen molar-refractivity contribution in [3.05, 3.63) is 65.7 Å². The van der Waals surface area contributed by atoms with E-state index in [-0.39, 0.29) is 18.4 Å². The van der Waals surface area contributed by atoms with Crippen LogP contribution in [-0.4, -0.2) is 32.2 Å². The van der Waals surface area contributed by atoms with Crippen LogP contribution >= 0.6 is 0 Å². The van der Waals surface area contributed by atoms with Crippen molar-refractivity contribution in [3.8, 4) is 0 Å². The van der Waals surface area contributed by atoms with Gasteiger partial charge in [-0.05, 0) is 17.2 Å². The summed E-state index contributed by atoms with van der Waals surface area (Å²) in [5, 5.41) is 3.00. The summed E-state index contributed by atoms with van der Waals surface area (Å²) in [5.41, 5.74) is 9.39. The van der Waals surface area contributed by atoms with Gasteiger partial charge in [0.15, 0.2) is 0 Å². The topological polar surface area (TPSA) is 67.6 Å². The molecule has 0 spiro atoms. The fourth-order valence-electron chi connectivity index (χ4n) is 3.06. The summed E-state index contributed by atoms with van der Waals surface area (Å²) in [6, 6.07) is 17.6. The van der Waals surface area contributed by atoms with Crippen LogP contribution in [0.15, 0.2) is 54.6 Å². The number of carbonyl (C=O) groups is 1. The second-order valence-electron chi connectivity index (χ2n) is 6.23. The zero-order valence-corrected chi connectivity index (χ0v) is 14.4. The molecule has 132 valence electrons. The van der Waals surface area contributed by atoms with Crippen LogP contribution in [0.5, 0.6) is 0 Å². The van der Waals surface area contributed by atoms with E-state index in [2.05, 4.69) is 22.3 Å². The number of anilines is 1. The number of ether oxygens (including phenoxy) is 1. The lowest BCUT2D eigenvalue weighted by atomic mass is 10.0. The minimum atomic E-state index is -0.282. The van der Waals surface area contributed by atoms with Gasteiger partial charge < -0.3 is 20.7 Å². The molecule has 0 aliphatic carbocycles. The Balaban J connectivity index is 1.57. The van der Waals surface area contributed by atoms with E-state index in [9.17, 15) is 4.79 Å². The zero-order chi connectivity index (χ0) is 17.5. The molecule has 1 aliphatic heterocycles. The number of hydrogen-bond acceptors (Lipinski definition) is 4. The molecule has 2 aromatic rings. The number of para-hydroxylation sites is 1. The first-order chi connectivity index (χ1) is 12.2. The van der Waals surface area contributed by atoms with Gasteiger partial charge in [-0.15, -0.1) is 0 Å². The molecule has 1 fully saturated rings. The van der Waals surface area contributed by atoms with Crippen LogP contribution in [0, 0.1) is 0 Å². The van der Waals surface area contributed by atoms with Crippen LogP contribution in [0.25, 0.3) is 0 Å². The maximum absolute atomic E-state index is 12.3. The average molecular weight is 339 g/mol. The zero-order valence-electron chi connectivity index (χ0n) is 14.4. The number of hydrogen-bond donors (Lipinski definition) is 2. The molecular weight excluding hydrogens is 314 g/mol. The van der Waals surface area contributed by atoms with E-state index in [0.29, 0.717) is 6.54 Å². The van der Waals surface area contributed by atoms with Gasteiger partial charge in [-0.25, -0.2) is 0 Å². The molecule has 3 rings (SSSR count).